The van der Waals surface area contributed by atoms with Gasteiger partial charge in [0.05, 0.1) is 25.7 Å². The molecule has 120 valence electrons. The topological polar surface area (TPSA) is 42.2 Å². The van der Waals surface area contributed by atoms with Crippen molar-refractivity contribution < 1.29 is 9.47 Å². The Morgan fingerprint density at radius 3 is 2.17 bits per heavy atom. The van der Waals surface area contributed by atoms with E-state index in [1.54, 1.807) is 7.11 Å². The summed E-state index contributed by atoms with van der Waals surface area (Å²) in [6, 6.07) is 18.1. The molecule has 0 aromatic heterocycles. The third-order valence-corrected chi connectivity index (χ3v) is 3.88. The summed E-state index contributed by atoms with van der Waals surface area (Å²) in [6.07, 6.45) is 0.628. The van der Waals surface area contributed by atoms with Crippen LogP contribution in [0.3, 0.4) is 0 Å². The number of ether oxygens (including phenoxy) is 2. The molecule has 0 aliphatic rings. The van der Waals surface area contributed by atoms with Gasteiger partial charge in [-0.1, -0.05) is 50.2 Å². The van der Waals surface area contributed by atoms with Crippen LogP contribution in [0.1, 0.15) is 43.2 Å². The number of para-hydroxylation sites is 2. The highest BCUT2D eigenvalue weighted by atomic mass is 16.5. The molecule has 1 unspecified atom stereocenters. The van der Waals surface area contributed by atoms with Crippen LogP contribution in [0.4, 0.5) is 0 Å². The molecular formula is C20H23NO2. The van der Waals surface area contributed by atoms with Gasteiger partial charge in [0.15, 0.2) is 0 Å². The van der Waals surface area contributed by atoms with Crippen molar-refractivity contribution >= 4 is 0 Å². The van der Waals surface area contributed by atoms with E-state index in [1.165, 1.54) is 5.56 Å². The Morgan fingerprint density at radius 2 is 1.57 bits per heavy atom. The molecule has 23 heavy (non-hydrogen) atoms. The van der Waals surface area contributed by atoms with Gasteiger partial charge < -0.3 is 9.47 Å². The molecule has 2 aromatic rings. The average molecular weight is 309 g/mol. The summed E-state index contributed by atoms with van der Waals surface area (Å²) < 4.78 is 11.3. The van der Waals surface area contributed by atoms with E-state index >= 15 is 0 Å². The highest BCUT2D eigenvalue weighted by Crippen LogP contribution is 2.30. The second-order valence-corrected chi connectivity index (χ2v) is 5.75. The Morgan fingerprint density at radius 1 is 0.957 bits per heavy atom. The van der Waals surface area contributed by atoms with E-state index in [0.717, 1.165) is 17.1 Å². The van der Waals surface area contributed by atoms with Crippen molar-refractivity contribution in [1.29, 1.82) is 5.26 Å². The maximum atomic E-state index is 9.48. The predicted octanol–water partition coefficient (Wildman–Crippen LogP) is 4.89. The molecule has 0 aliphatic heterocycles. The number of benzene rings is 2. The number of hydrogen-bond acceptors (Lipinski definition) is 3. The molecule has 3 nitrogen and oxygen atoms in total. The number of nitriles is 1. The second kappa shape index (κ2) is 8.24. The number of methoxy groups -OCH3 is 1. The average Bonchev–Trinajstić information content (AvgIpc) is 2.59. The van der Waals surface area contributed by atoms with Crippen molar-refractivity contribution in [2.45, 2.75) is 32.1 Å². The molecule has 0 heterocycles. The molecule has 0 amide bonds. The highest BCUT2D eigenvalue weighted by Gasteiger charge is 2.16. The first-order chi connectivity index (χ1) is 11.2. The Bertz CT molecular complexity index is 673. The highest BCUT2D eigenvalue weighted by molar-refractivity contribution is 5.39. The molecule has 0 radical (unpaired) electrons. The third kappa shape index (κ3) is 4.26. The number of rotatable bonds is 7. The van der Waals surface area contributed by atoms with Crippen LogP contribution in [0.5, 0.6) is 11.5 Å². The Kier molecular flexibility index (Phi) is 6.05. The van der Waals surface area contributed by atoms with Crippen molar-refractivity contribution in [3.63, 3.8) is 0 Å². The Labute approximate surface area is 138 Å². The van der Waals surface area contributed by atoms with E-state index in [0.29, 0.717) is 18.9 Å². The first-order valence-electron chi connectivity index (χ1n) is 7.91. The van der Waals surface area contributed by atoms with E-state index in [1.807, 2.05) is 42.5 Å². The van der Waals surface area contributed by atoms with Gasteiger partial charge in [-0.3, -0.25) is 0 Å². The van der Waals surface area contributed by atoms with Crippen molar-refractivity contribution in [2.24, 2.45) is 0 Å². The molecule has 0 spiro atoms. The summed E-state index contributed by atoms with van der Waals surface area (Å²) >= 11 is 0. The first-order valence-corrected chi connectivity index (χ1v) is 7.91. The molecule has 0 fully saturated rings. The molecule has 0 aliphatic carbocycles. The zero-order valence-electron chi connectivity index (χ0n) is 14.0. The molecule has 1 atom stereocenters. The molecule has 2 aromatic carbocycles. The van der Waals surface area contributed by atoms with E-state index in [4.69, 9.17) is 9.47 Å². The molecule has 0 saturated heterocycles. The normalized spacial score (nSPS) is 11.8. The van der Waals surface area contributed by atoms with E-state index in [9.17, 15) is 5.26 Å². The van der Waals surface area contributed by atoms with Gasteiger partial charge in [0.1, 0.15) is 11.5 Å². The molecule has 2 rings (SSSR count). The van der Waals surface area contributed by atoms with Gasteiger partial charge in [-0.15, -0.1) is 0 Å². The molecule has 0 bridgehead atoms. The van der Waals surface area contributed by atoms with Crippen LogP contribution < -0.4 is 9.47 Å². The van der Waals surface area contributed by atoms with Crippen molar-refractivity contribution in [2.75, 3.05) is 13.7 Å². The van der Waals surface area contributed by atoms with Crippen LogP contribution in [0.15, 0.2) is 48.5 Å². The fourth-order valence-electron chi connectivity index (χ4n) is 2.62. The lowest BCUT2D eigenvalue weighted by molar-refractivity contribution is 0.300. The quantitative estimate of drug-likeness (QED) is 0.731. The summed E-state index contributed by atoms with van der Waals surface area (Å²) in [5, 5.41) is 9.48. The van der Waals surface area contributed by atoms with Gasteiger partial charge in [-0.25, -0.2) is 0 Å². The van der Waals surface area contributed by atoms with Crippen LogP contribution in [0, 0.1) is 11.3 Å². The standard InChI is InChI=1S/C20H23NO2/c1-15(2)17-8-4-7-11-20(17)23-13-12-16(14-21)18-9-5-6-10-19(18)22-3/h4-11,15-16H,12-13H2,1-3H3. The molecule has 3 heteroatoms. The lowest BCUT2D eigenvalue weighted by Crippen LogP contribution is -2.07. The van der Waals surface area contributed by atoms with Crippen LogP contribution in [-0.4, -0.2) is 13.7 Å². The van der Waals surface area contributed by atoms with Crippen LogP contribution in [0.25, 0.3) is 0 Å². The third-order valence-electron chi connectivity index (χ3n) is 3.88. The van der Waals surface area contributed by atoms with Gasteiger partial charge in [0.25, 0.3) is 0 Å². The van der Waals surface area contributed by atoms with Crippen molar-refractivity contribution in [3.8, 4) is 17.6 Å². The minimum atomic E-state index is -0.239. The molecular weight excluding hydrogens is 286 g/mol. The molecule has 0 N–H and O–H groups in total. The summed E-state index contributed by atoms with van der Waals surface area (Å²) in [4.78, 5) is 0. The van der Waals surface area contributed by atoms with Gasteiger partial charge in [0, 0.05) is 12.0 Å². The summed E-state index contributed by atoms with van der Waals surface area (Å²) in [5.41, 5.74) is 2.11. The maximum absolute atomic E-state index is 9.48. The maximum Gasteiger partial charge on any atom is 0.123 e. The largest absolute Gasteiger partial charge is 0.496 e. The monoisotopic (exact) mass is 309 g/mol. The minimum Gasteiger partial charge on any atom is -0.496 e. The van der Waals surface area contributed by atoms with Crippen molar-refractivity contribution in [3.05, 3.63) is 59.7 Å². The second-order valence-electron chi connectivity index (χ2n) is 5.75. The molecule has 0 saturated carbocycles. The van der Waals surface area contributed by atoms with Gasteiger partial charge >= 0.3 is 0 Å². The van der Waals surface area contributed by atoms with E-state index in [2.05, 4.69) is 26.0 Å². The first kappa shape index (κ1) is 16.9. The van der Waals surface area contributed by atoms with Crippen LogP contribution in [-0.2, 0) is 0 Å². The summed E-state index contributed by atoms with van der Waals surface area (Å²) in [7, 11) is 1.63. The van der Waals surface area contributed by atoms with Gasteiger partial charge in [-0.05, 0) is 23.6 Å². The lowest BCUT2D eigenvalue weighted by atomic mass is 9.96. The summed E-state index contributed by atoms with van der Waals surface area (Å²) in [6.45, 7) is 4.80. The summed E-state index contributed by atoms with van der Waals surface area (Å²) in [5.74, 6) is 1.82. The van der Waals surface area contributed by atoms with E-state index in [-0.39, 0.29) is 5.92 Å². The zero-order chi connectivity index (χ0) is 16.7. The Hall–Kier alpha value is -2.47. The van der Waals surface area contributed by atoms with Crippen molar-refractivity contribution in [1.82, 2.24) is 0 Å². The Balaban J connectivity index is 2.04. The fraction of sp³-hybridized carbons (Fsp3) is 0.350. The smallest absolute Gasteiger partial charge is 0.123 e. The minimum absolute atomic E-state index is 0.239. The van der Waals surface area contributed by atoms with Gasteiger partial charge in [-0.2, -0.15) is 5.26 Å². The van der Waals surface area contributed by atoms with E-state index < -0.39 is 0 Å². The number of hydrogen-bond donors (Lipinski definition) is 0. The fourth-order valence-corrected chi connectivity index (χ4v) is 2.62. The number of nitrogens with zero attached hydrogens (tertiary/aromatic N) is 1. The SMILES string of the molecule is COc1ccccc1C(C#N)CCOc1ccccc1C(C)C. The van der Waals surface area contributed by atoms with Crippen LogP contribution >= 0.6 is 0 Å². The van der Waals surface area contributed by atoms with Crippen LogP contribution in [0.2, 0.25) is 0 Å². The van der Waals surface area contributed by atoms with Gasteiger partial charge in [0.2, 0.25) is 0 Å². The lowest BCUT2D eigenvalue weighted by Gasteiger charge is -2.16. The predicted molar refractivity (Wildman–Crippen MR) is 92.0 cm³/mol. The zero-order valence-corrected chi connectivity index (χ0v) is 14.0.